The van der Waals surface area contributed by atoms with E-state index in [2.05, 4.69) is 41.5 Å². The van der Waals surface area contributed by atoms with Crippen molar-refractivity contribution in [3.8, 4) is 0 Å². The van der Waals surface area contributed by atoms with Crippen LogP contribution in [-0.2, 0) is 4.74 Å². The van der Waals surface area contributed by atoms with Gasteiger partial charge in [-0.05, 0) is 50.5 Å². The van der Waals surface area contributed by atoms with Gasteiger partial charge < -0.3 is 15.4 Å². The SMILES string of the molecule is CC[C@@](C)(CNC(=O)Nc1ccc(SC2CCCC2)cc1)N1CCOCC1. The first-order valence-corrected chi connectivity index (χ1v) is 11.1. The molecular formula is C21H33N3O2S. The van der Waals surface area contributed by atoms with Crippen molar-refractivity contribution in [3.63, 3.8) is 0 Å². The summed E-state index contributed by atoms with van der Waals surface area (Å²) in [6.07, 6.45) is 6.36. The van der Waals surface area contributed by atoms with E-state index in [1.807, 2.05) is 23.9 Å². The number of nitrogens with zero attached hydrogens (tertiary/aromatic N) is 1. The lowest BCUT2D eigenvalue weighted by molar-refractivity contribution is -0.0163. The van der Waals surface area contributed by atoms with Gasteiger partial charge in [0.25, 0.3) is 0 Å². The van der Waals surface area contributed by atoms with Crippen LogP contribution in [0.25, 0.3) is 0 Å². The van der Waals surface area contributed by atoms with Crippen molar-refractivity contribution >= 4 is 23.5 Å². The van der Waals surface area contributed by atoms with E-state index in [9.17, 15) is 4.79 Å². The predicted molar refractivity (Wildman–Crippen MR) is 113 cm³/mol. The van der Waals surface area contributed by atoms with E-state index in [4.69, 9.17) is 4.74 Å². The smallest absolute Gasteiger partial charge is 0.319 e. The van der Waals surface area contributed by atoms with Crippen LogP contribution >= 0.6 is 11.8 Å². The van der Waals surface area contributed by atoms with Gasteiger partial charge in [-0.15, -0.1) is 11.8 Å². The summed E-state index contributed by atoms with van der Waals surface area (Å²) < 4.78 is 5.45. The number of morpholine rings is 1. The number of amides is 2. The molecule has 0 bridgehead atoms. The highest BCUT2D eigenvalue weighted by Gasteiger charge is 2.31. The molecule has 1 saturated heterocycles. The Bertz CT molecular complexity index is 598. The van der Waals surface area contributed by atoms with Crippen LogP contribution in [0.2, 0.25) is 0 Å². The van der Waals surface area contributed by atoms with E-state index in [0.717, 1.165) is 43.7 Å². The summed E-state index contributed by atoms with van der Waals surface area (Å²) in [5, 5.41) is 6.78. The Balaban J connectivity index is 1.46. The minimum absolute atomic E-state index is 0.0388. The summed E-state index contributed by atoms with van der Waals surface area (Å²) in [5.41, 5.74) is 0.802. The first-order chi connectivity index (χ1) is 13.1. The van der Waals surface area contributed by atoms with E-state index in [0.29, 0.717) is 6.54 Å². The lowest BCUT2D eigenvalue weighted by Crippen LogP contribution is -2.57. The van der Waals surface area contributed by atoms with Gasteiger partial charge in [-0.25, -0.2) is 4.79 Å². The minimum atomic E-state index is -0.140. The monoisotopic (exact) mass is 391 g/mol. The molecule has 1 aromatic rings. The van der Waals surface area contributed by atoms with Crippen LogP contribution in [0.3, 0.4) is 0 Å². The molecule has 0 unspecified atom stereocenters. The molecule has 2 amide bonds. The summed E-state index contributed by atoms with van der Waals surface area (Å²) in [6, 6.07) is 8.08. The lowest BCUT2D eigenvalue weighted by Gasteiger charge is -2.43. The second-order valence-electron chi connectivity index (χ2n) is 7.81. The van der Waals surface area contributed by atoms with Crippen LogP contribution < -0.4 is 10.6 Å². The Hall–Kier alpha value is -1.24. The Labute approximate surface area is 167 Å². The third-order valence-electron chi connectivity index (χ3n) is 5.88. The molecule has 2 N–H and O–H groups in total. The zero-order valence-corrected chi connectivity index (χ0v) is 17.4. The molecule has 5 nitrogen and oxygen atoms in total. The average Bonchev–Trinajstić information content (AvgIpc) is 3.21. The van der Waals surface area contributed by atoms with Gasteiger partial charge in [0.2, 0.25) is 0 Å². The molecule has 2 aliphatic rings. The van der Waals surface area contributed by atoms with Gasteiger partial charge in [-0.1, -0.05) is 19.8 Å². The summed E-state index contributed by atoms with van der Waals surface area (Å²) in [5.74, 6) is 0. The van der Waals surface area contributed by atoms with E-state index in [-0.39, 0.29) is 11.6 Å². The highest BCUT2D eigenvalue weighted by molar-refractivity contribution is 8.00. The zero-order valence-electron chi connectivity index (χ0n) is 16.6. The summed E-state index contributed by atoms with van der Waals surface area (Å²) in [6.45, 7) is 8.41. The fourth-order valence-electron chi connectivity index (χ4n) is 3.83. The molecule has 0 spiro atoms. The number of hydrogen-bond acceptors (Lipinski definition) is 4. The second-order valence-corrected chi connectivity index (χ2v) is 9.18. The molecule has 1 aliphatic carbocycles. The molecule has 0 radical (unpaired) electrons. The van der Waals surface area contributed by atoms with Crippen molar-refractivity contribution in [2.24, 2.45) is 0 Å². The largest absolute Gasteiger partial charge is 0.379 e. The quantitative estimate of drug-likeness (QED) is 0.726. The number of rotatable bonds is 7. The number of nitrogens with one attached hydrogen (secondary N) is 2. The Morgan fingerprint density at radius 1 is 1.22 bits per heavy atom. The number of thioether (sulfide) groups is 1. The molecular weight excluding hydrogens is 358 g/mol. The van der Waals surface area contributed by atoms with Gasteiger partial charge in [0.15, 0.2) is 0 Å². The van der Waals surface area contributed by atoms with E-state index in [1.165, 1.54) is 30.6 Å². The molecule has 0 aromatic heterocycles. The third-order valence-corrected chi connectivity index (χ3v) is 7.23. The third kappa shape index (κ3) is 5.87. The maximum absolute atomic E-state index is 12.4. The molecule has 27 heavy (non-hydrogen) atoms. The predicted octanol–water partition coefficient (Wildman–Crippen LogP) is 4.34. The zero-order chi connectivity index (χ0) is 19.1. The summed E-state index contributed by atoms with van der Waals surface area (Å²) >= 11 is 1.97. The van der Waals surface area contributed by atoms with Crippen molar-refractivity contribution in [1.82, 2.24) is 10.2 Å². The fourth-order valence-corrected chi connectivity index (χ4v) is 5.07. The molecule has 2 fully saturated rings. The van der Waals surface area contributed by atoms with Crippen LogP contribution in [0.15, 0.2) is 29.2 Å². The number of anilines is 1. The van der Waals surface area contributed by atoms with E-state index >= 15 is 0 Å². The maximum atomic E-state index is 12.4. The highest BCUT2D eigenvalue weighted by Crippen LogP contribution is 2.34. The summed E-state index contributed by atoms with van der Waals surface area (Å²) in [4.78, 5) is 16.1. The first kappa shape index (κ1) is 20.5. The summed E-state index contributed by atoms with van der Waals surface area (Å²) in [7, 11) is 0. The van der Waals surface area contributed by atoms with Crippen molar-refractivity contribution in [2.45, 2.75) is 61.6 Å². The molecule has 1 atom stereocenters. The standard InChI is InChI=1S/C21H33N3O2S/c1-3-21(2,24-12-14-26-15-13-24)16-22-20(25)23-17-8-10-19(11-9-17)27-18-6-4-5-7-18/h8-11,18H,3-7,12-16H2,1-2H3,(H2,22,23,25)/t21-/m0/s1. The van der Waals surface area contributed by atoms with Crippen molar-refractivity contribution < 1.29 is 9.53 Å². The van der Waals surface area contributed by atoms with Crippen LogP contribution in [0.1, 0.15) is 46.0 Å². The Morgan fingerprint density at radius 3 is 2.52 bits per heavy atom. The maximum Gasteiger partial charge on any atom is 0.319 e. The molecule has 3 rings (SSSR count). The molecule has 6 heteroatoms. The van der Waals surface area contributed by atoms with Gasteiger partial charge in [0.1, 0.15) is 0 Å². The van der Waals surface area contributed by atoms with Crippen molar-refractivity contribution in [3.05, 3.63) is 24.3 Å². The van der Waals surface area contributed by atoms with Gasteiger partial charge in [0, 0.05) is 41.0 Å². The van der Waals surface area contributed by atoms with Crippen LogP contribution in [0.5, 0.6) is 0 Å². The van der Waals surface area contributed by atoms with Gasteiger partial charge in [-0.3, -0.25) is 4.90 Å². The number of ether oxygens (including phenoxy) is 1. The number of urea groups is 1. The van der Waals surface area contributed by atoms with Crippen LogP contribution in [-0.4, -0.2) is 54.6 Å². The molecule has 1 heterocycles. The van der Waals surface area contributed by atoms with Gasteiger partial charge in [-0.2, -0.15) is 0 Å². The number of carbonyl (C=O) groups is 1. The highest BCUT2D eigenvalue weighted by atomic mass is 32.2. The molecule has 150 valence electrons. The van der Waals surface area contributed by atoms with Crippen molar-refractivity contribution in [1.29, 1.82) is 0 Å². The Kier molecular flexibility index (Phi) is 7.44. The first-order valence-electron chi connectivity index (χ1n) is 10.2. The second kappa shape index (κ2) is 9.80. The lowest BCUT2D eigenvalue weighted by atomic mass is 9.95. The number of carbonyl (C=O) groups excluding carboxylic acids is 1. The van der Waals surface area contributed by atoms with Gasteiger partial charge in [0.05, 0.1) is 13.2 Å². The number of benzene rings is 1. The Morgan fingerprint density at radius 2 is 1.89 bits per heavy atom. The molecule has 1 saturated carbocycles. The topological polar surface area (TPSA) is 53.6 Å². The van der Waals surface area contributed by atoms with E-state index in [1.54, 1.807) is 0 Å². The molecule has 1 aromatic carbocycles. The van der Waals surface area contributed by atoms with E-state index < -0.39 is 0 Å². The fraction of sp³-hybridized carbons (Fsp3) is 0.667. The average molecular weight is 392 g/mol. The van der Waals surface area contributed by atoms with Crippen molar-refractivity contribution in [2.75, 3.05) is 38.2 Å². The number of hydrogen-bond donors (Lipinski definition) is 2. The van der Waals surface area contributed by atoms with Gasteiger partial charge >= 0.3 is 6.03 Å². The minimum Gasteiger partial charge on any atom is -0.379 e. The molecule has 1 aliphatic heterocycles. The van der Waals surface area contributed by atoms with Crippen LogP contribution in [0.4, 0.5) is 10.5 Å². The van der Waals surface area contributed by atoms with Crippen LogP contribution in [0, 0.1) is 0 Å². The normalized spacial score (nSPS) is 21.0.